The first kappa shape index (κ1) is 27.4. The van der Waals surface area contributed by atoms with E-state index in [1.54, 1.807) is 19.1 Å². The summed E-state index contributed by atoms with van der Waals surface area (Å²) in [6.07, 6.45) is 6.66. The van der Waals surface area contributed by atoms with Crippen LogP contribution in [0.1, 0.15) is 44.7 Å². The van der Waals surface area contributed by atoms with Crippen molar-refractivity contribution in [2.24, 2.45) is 5.92 Å². The fourth-order valence-corrected chi connectivity index (χ4v) is 4.88. The second-order valence-corrected chi connectivity index (χ2v) is 10.3. The molecule has 1 aromatic carbocycles. The molecule has 35 heavy (non-hydrogen) atoms. The number of piperidine rings is 2. The van der Waals surface area contributed by atoms with Crippen molar-refractivity contribution in [3.8, 4) is 0 Å². The van der Waals surface area contributed by atoms with Crippen molar-refractivity contribution in [3.05, 3.63) is 58.3 Å². The van der Waals surface area contributed by atoms with Crippen molar-refractivity contribution >= 4 is 40.7 Å². The molecule has 2 aromatic rings. The molecule has 1 unspecified atom stereocenters. The minimum atomic E-state index is 0.158. The van der Waals surface area contributed by atoms with Crippen LogP contribution < -0.4 is 4.90 Å². The highest BCUT2D eigenvalue weighted by Crippen LogP contribution is 2.26. The van der Waals surface area contributed by atoms with Gasteiger partial charge in [-0.15, -0.1) is 0 Å². The van der Waals surface area contributed by atoms with E-state index in [9.17, 15) is 9.59 Å². The van der Waals surface area contributed by atoms with Crippen LogP contribution in [0.3, 0.4) is 0 Å². The first-order valence-corrected chi connectivity index (χ1v) is 13.1. The second kappa shape index (κ2) is 13.2. The third kappa shape index (κ3) is 8.19. The van der Waals surface area contributed by atoms with Crippen molar-refractivity contribution in [2.75, 3.05) is 38.1 Å². The number of likely N-dealkylation sites (tertiary alicyclic amines) is 1. The number of nitrogens with zero attached hydrogens (tertiary/aromatic N) is 4. The minimum Gasteiger partial charge on any atom is -0.343 e. The normalized spacial score (nSPS) is 19.2. The van der Waals surface area contributed by atoms with Gasteiger partial charge in [-0.3, -0.25) is 14.6 Å². The van der Waals surface area contributed by atoms with Crippen LogP contribution >= 0.6 is 23.2 Å². The topological polar surface area (TPSA) is 56.8 Å². The summed E-state index contributed by atoms with van der Waals surface area (Å²) in [5.74, 6) is 0.914. The first-order valence-electron chi connectivity index (χ1n) is 12.3. The zero-order valence-electron chi connectivity index (χ0n) is 20.9. The molecule has 190 valence electrons. The van der Waals surface area contributed by atoms with Crippen LogP contribution in [0, 0.1) is 12.8 Å². The van der Waals surface area contributed by atoms with E-state index in [1.165, 1.54) is 0 Å². The predicted molar refractivity (Wildman–Crippen MR) is 143 cm³/mol. The Balaban J connectivity index is 0.000000363. The Morgan fingerprint density at radius 1 is 1.09 bits per heavy atom. The Morgan fingerprint density at radius 3 is 2.29 bits per heavy atom. The van der Waals surface area contributed by atoms with Gasteiger partial charge in [-0.1, -0.05) is 35.3 Å². The van der Waals surface area contributed by atoms with Crippen LogP contribution in [0.15, 0.2) is 42.6 Å². The highest BCUT2D eigenvalue weighted by molar-refractivity contribution is 6.41. The summed E-state index contributed by atoms with van der Waals surface area (Å²) in [5, 5.41) is 1.21. The molecule has 1 atom stereocenters. The average molecular weight is 520 g/mol. The van der Waals surface area contributed by atoms with Gasteiger partial charge in [0.1, 0.15) is 0 Å². The Kier molecular flexibility index (Phi) is 10.4. The lowest BCUT2D eigenvalue weighted by Gasteiger charge is -2.38. The van der Waals surface area contributed by atoms with Crippen molar-refractivity contribution in [3.63, 3.8) is 0 Å². The monoisotopic (exact) mass is 518 g/mol. The number of carbonyl (C=O) groups excluding carboxylic acids is 2. The highest BCUT2D eigenvalue weighted by Gasteiger charge is 2.28. The number of hydrogen-bond donors (Lipinski definition) is 0. The third-order valence-corrected chi connectivity index (χ3v) is 7.75. The zero-order valence-corrected chi connectivity index (χ0v) is 22.4. The number of halogens is 2. The molecule has 2 fully saturated rings. The molecule has 8 heteroatoms. The number of aryl methyl sites for hydroxylation is 1. The maximum absolute atomic E-state index is 12.3. The van der Waals surface area contributed by atoms with E-state index in [1.807, 2.05) is 54.2 Å². The van der Waals surface area contributed by atoms with Crippen LogP contribution in [-0.4, -0.2) is 65.9 Å². The Hall–Kier alpha value is -2.15. The summed E-state index contributed by atoms with van der Waals surface area (Å²) < 4.78 is 0. The molecule has 0 spiro atoms. The number of carbonyl (C=O) groups is 2. The summed E-state index contributed by atoms with van der Waals surface area (Å²) in [5.41, 5.74) is 1.89. The molecular weight excluding hydrogens is 483 g/mol. The second-order valence-electron chi connectivity index (χ2n) is 9.47. The van der Waals surface area contributed by atoms with E-state index in [4.69, 9.17) is 23.2 Å². The van der Waals surface area contributed by atoms with Crippen LogP contribution in [0.2, 0.25) is 10.0 Å². The molecule has 6 nitrogen and oxygen atoms in total. The summed E-state index contributed by atoms with van der Waals surface area (Å²) in [6.45, 7) is 7.59. The van der Waals surface area contributed by atoms with Gasteiger partial charge in [-0.2, -0.15) is 0 Å². The van der Waals surface area contributed by atoms with Crippen molar-refractivity contribution in [2.45, 2.75) is 52.0 Å². The smallest absolute Gasteiger partial charge is 0.227 e. The van der Waals surface area contributed by atoms with Gasteiger partial charge >= 0.3 is 0 Å². The zero-order chi connectivity index (χ0) is 25.4. The van der Waals surface area contributed by atoms with Crippen LogP contribution in [0.5, 0.6) is 0 Å². The molecule has 0 bridgehead atoms. The summed E-state index contributed by atoms with van der Waals surface area (Å²) >= 11 is 11.2. The van der Waals surface area contributed by atoms with Crippen molar-refractivity contribution in [1.29, 1.82) is 0 Å². The number of rotatable bonds is 5. The van der Waals surface area contributed by atoms with E-state index in [-0.39, 0.29) is 11.8 Å². The molecule has 2 saturated heterocycles. The Bertz CT molecular complexity index is 956. The molecule has 0 aliphatic carbocycles. The van der Waals surface area contributed by atoms with E-state index in [0.29, 0.717) is 28.4 Å². The number of hydrogen-bond acceptors (Lipinski definition) is 4. The molecule has 3 heterocycles. The van der Waals surface area contributed by atoms with Crippen molar-refractivity contribution in [1.82, 2.24) is 14.8 Å². The summed E-state index contributed by atoms with van der Waals surface area (Å²) in [7, 11) is 1.91. The first-order chi connectivity index (χ1) is 16.7. The predicted octanol–water partition coefficient (Wildman–Crippen LogP) is 5.46. The maximum Gasteiger partial charge on any atom is 0.227 e. The van der Waals surface area contributed by atoms with Gasteiger partial charge in [0.25, 0.3) is 0 Å². The van der Waals surface area contributed by atoms with Crippen LogP contribution in [0.4, 0.5) is 5.69 Å². The largest absolute Gasteiger partial charge is 0.343 e. The molecule has 0 N–H and O–H groups in total. The quantitative estimate of drug-likeness (QED) is 0.527. The number of anilines is 1. The van der Waals surface area contributed by atoms with Gasteiger partial charge in [0.2, 0.25) is 11.8 Å². The SMILES string of the molecule is CC(=O)N(C)C1CCN(CCC2CCC(=O)N(c3ccc(C)nc3)C2)CC1.Clc1ccccc1Cl. The molecule has 2 aliphatic heterocycles. The average Bonchev–Trinajstić information content (AvgIpc) is 2.86. The molecule has 0 saturated carbocycles. The molecule has 4 rings (SSSR count). The lowest BCUT2D eigenvalue weighted by Crippen LogP contribution is -2.46. The molecule has 2 aliphatic rings. The van der Waals surface area contributed by atoms with Gasteiger partial charge in [0.15, 0.2) is 0 Å². The fourth-order valence-electron chi connectivity index (χ4n) is 4.61. The molecule has 2 amide bonds. The van der Waals surface area contributed by atoms with Crippen LogP contribution in [0.25, 0.3) is 0 Å². The number of aromatic nitrogens is 1. The fraction of sp³-hybridized carbons (Fsp3) is 0.519. The Morgan fingerprint density at radius 2 is 1.74 bits per heavy atom. The maximum atomic E-state index is 12.3. The molecule has 0 radical (unpaired) electrons. The van der Waals surface area contributed by atoms with Crippen molar-refractivity contribution < 1.29 is 9.59 Å². The number of pyridine rings is 1. The lowest BCUT2D eigenvalue weighted by atomic mass is 9.93. The number of amides is 2. The van der Waals surface area contributed by atoms with Gasteiger partial charge < -0.3 is 14.7 Å². The molecular formula is C27H36Cl2N4O2. The van der Waals surface area contributed by atoms with Gasteiger partial charge in [-0.25, -0.2) is 0 Å². The van der Waals surface area contributed by atoms with E-state index >= 15 is 0 Å². The lowest BCUT2D eigenvalue weighted by molar-refractivity contribution is -0.130. The number of benzene rings is 1. The third-order valence-electron chi connectivity index (χ3n) is 7.00. The molecule has 1 aromatic heterocycles. The van der Waals surface area contributed by atoms with Gasteiger partial charge in [-0.05, 0) is 69.3 Å². The Labute approximate surface area is 219 Å². The van der Waals surface area contributed by atoms with Gasteiger partial charge in [0.05, 0.1) is 21.9 Å². The summed E-state index contributed by atoms with van der Waals surface area (Å²) in [6, 6.07) is 11.5. The van der Waals surface area contributed by atoms with E-state index < -0.39 is 0 Å². The van der Waals surface area contributed by atoms with Gasteiger partial charge in [0, 0.05) is 51.8 Å². The minimum absolute atomic E-state index is 0.158. The highest BCUT2D eigenvalue weighted by atomic mass is 35.5. The summed E-state index contributed by atoms with van der Waals surface area (Å²) in [4.78, 5) is 34.5. The van der Waals surface area contributed by atoms with E-state index in [0.717, 1.165) is 63.2 Å². The standard InChI is InChI=1S/C21H32N4O2.C6H4Cl2/c1-16-4-6-20(14-22-16)25-15-18(5-7-21(25)27)8-11-24-12-9-19(10-13-24)23(3)17(2)26;7-5-3-1-2-4-6(5)8/h4,6,14,18-19H,5,7-13,15H2,1-3H3;1-4H. The van der Waals surface area contributed by atoms with E-state index in [2.05, 4.69) is 9.88 Å². The van der Waals surface area contributed by atoms with Crippen LogP contribution in [-0.2, 0) is 9.59 Å².